The molecule has 0 aliphatic carbocycles. The fourth-order valence-corrected chi connectivity index (χ4v) is 3.62. The van der Waals surface area contributed by atoms with Gasteiger partial charge in [0.1, 0.15) is 12.2 Å². The van der Waals surface area contributed by atoms with E-state index in [1.54, 1.807) is 4.90 Å². The summed E-state index contributed by atoms with van der Waals surface area (Å²) in [6.45, 7) is -1.14. The van der Waals surface area contributed by atoms with Crippen LogP contribution in [-0.4, -0.2) is 39.7 Å². The van der Waals surface area contributed by atoms with Gasteiger partial charge in [0.05, 0.1) is 0 Å². The number of piperidine rings is 1. The zero-order valence-electron chi connectivity index (χ0n) is 11.5. The Morgan fingerprint density at radius 2 is 1.90 bits per heavy atom. The van der Waals surface area contributed by atoms with E-state index in [1.165, 1.54) is 18.3 Å². The van der Waals surface area contributed by atoms with Gasteiger partial charge in [-0.15, -0.1) is 0 Å². The Morgan fingerprint density at radius 3 is 2.48 bits per heavy atom. The van der Waals surface area contributed by atoms with Crippen molar-refractivity contribution in [1.82, 2.24) is 9.47 Å². The van der Waals surface area contributed by atoms with Gasteiger partial charge in [-0.05, 0) is 37.8 Å². The van der Waals surface area contributed by atoms with Crippen molar-refractivity contribution >= 4 is 5.91 Å². The number of alkyl halides is 3. The van der Waals surface area contributed by atoms with Crippen molar-refractivity contribution in [2.24, 2.45) is 5.73 Å². The minimum Gasteiger partial charge on any atom is -0.334 e. The second kappa shape index (κ2) is 5.05. The van der Waals surface area contributed by atoms with Gasteiger partial charge in [0.2, 0.25) is 0 Å². The lowest BCUT2D eigenvalue weighted by Crippen LogP contribution is -2.50. The van der Waals surface area contributed by atoms with E-state index >= 15 is 0 Å². The summed E-state index contributed by atoms with van der Waals surface area (Å²) in [6.07, 6.45) is 0.230. The SMILES string of the molecule is NC1CC2CCC(C1)N2C(=O)c1cccn1CC(F)(F)F. The monoisotopic (exact) mass is 301 g/mol. The molecule has 2 atom stereocenters. The predicted molar refractivity (Wildman–Crippen MR) is 70.7 cm³/mol. The number of carbonyl (C=O) groups is 1. The number of carbonyl (C=O) groups excluding carboxylic acids is 1. The van der Waals surface area contributed by atoms with Crippen LogP contribution in [0.4, 0.5) is 13.2 Å². The first-order chi connectivity index (χ1) is 9.85. The molecule has 1 aromatic heterocycles. The number of rotatable bonds is 2. The van der Waals surface area contributed by atoms with E-state index in [-0.39, 0.29) is 29.7 Å². The molecular weight excluding hydrogens is 283 g/mol. The summed E-state index contributed by atoms with van der Waals surface area (Å²) in [5, 5.41) is 0. The van der Waals surface area contributed by atoms with Gasteiger partial charge in [-0.25, -0.2) is 0 Å². The predicted octanol–water partition coefficient (Wildman–Crippen LogP) is 2.14. The topological polar surface area (TPSA) is 51.3 Å². The molecule has 1 amide bonds. The van der Waals surface area contributed by atoms with E-state index in [9.17, 15) is 18.0 Å². The van der Waals surface area contributed by atoms with Crippen LogP contribution < -0.4 is 5.73 Å². The Kier molecular flexibility index (Phi) is 3.47. The van der Waals surface area contributed by atoms with Gasteiger partial charge in [-0.1, -0.05) is 0 Å². The largest absolute Gasteiger partial charge is 0.406 e. The van der Waals surface area contributed by atoms with Crippen LogP contribution in [0.1, 0.15) is 36.2 Å². The summed E-state index contributed by atoms with van der Waals surface area (Å²) in [6, 6.07) is 3.17. The van der Waals surface area contributed by atoms with Crippen LogP contribution in [0.2, 0.25) is 0 Å². The smallest absolute Gasteiger partial charge is 0.334 e. The van der Waals surface area contributed by atoms with Gasteiger partial charge < -0.3 is 15.2 Å². The van der Waals surface area contributed by atoms with Crippen LogP contribution in [0.25, 0.3) is 0 Å². The molecular formula is C14H18F3N3O. The summed E-state index contributed by atoms with van der Waals surface area (Å²) in [5.74, 6) is -0.302. The highest BCUT2D eigenvalue weighted by Gasteiger charge is 2.43. The zero-order chi connectivity index (χ0) is 15.2. The molecule has 2 fully saturated rings. The third-order valence-electron chi connectivity index (χ3n) is 4.40. The summed E-state index contributed by atoms with van der Waals surface area (Å²) < 4.78 is 38.7. The van der Waals surface area contributed by atoms with Crippen LogP contribution >= 0.6 is 0 Å². The molecule has 4 nitrogen and oxygen atoms in total. The van der Waals surface area contributed by atoms with Crippen LogP contribution in [0.3, 0.4) is 0 Å². The van der Waals surface area contributed by atoms with Crippen LogP contribution in [0, 0.1) is 0 Å². The molecule has 2 aliphatic heterocycles. The lowest BCUT2D eigenvalue weighted by atomic mass is 9.98. The van der Waals surface area contributed by atoms with Gasteiger partial charge >= 0.3 is 6.18 Å². The minimum atomic E-state index is -4.34. The number of hydrogen-bond donors (Lipinski definition) is 1. The maximum absolute atomic E-state index is 12.6. The van der Waals surface area contributed by atoms with E-state index in [0.717, 1.165) is 30.3 Å². The highest BCUT2D eigenvalue weighted by molar-refractivity contribution is 5.93. The number of aromatic nitrogens is 1. The standard InChI is InChI=1S/C14H18F3N3O/c15-14(16,17)8-19-5-1-2-12(19)13(21)20-10-3-4-11(20)7-9(18)6-10/h1-2,5,9-11H,3-4,6-8,18H2. The minimum absolute atomic E-state index is 0.0699. The molecule has 2 bridgehead atoms. The van der Waals surface area contributed by atoms with E-state index < -0.39 is 12.7 Å². The normalized spacial score (nSPS) is 29.0. The molecule has 3 rings (SSSR count). The van der Waals surface area contributed by atoms with E-state index in [2.05, 4.69) is 0 Å². The Hall–Kier alpha value is -1.50. The van der Waals surface area contributed by atoms with Crippen molar-refractivity contribution in [3.63, 3.8) is 0 Å². The molecule has 2 aliphatic rings. The number of nitrogens with two attached hydrogens (primary N) is 1. The molecule has 2 saturated heterocycles. The Bertz CT molecular complexity index is 526. The first-order valence-corrected chi connectivity index (χ1v) is 7.15. The second-order valence-electron chi connectivity index (χ2n) is 5.97. The summed E-state index contributed by atoms with van der Waals surface area (Å²) in [7, 11) is 0. The number of nitrogens with zero attached hydrogens (tertiary/aromatic N) is 2. The van der Waals surface area contributed by atoms with E-state index in [4.69, 9.17) is 5.73 Å². The fourth-order valence-electron chi connectivity index (χ4n) is 3.62. The molecule has 3 heterocycles. The maximum atomic E-state index is 12.6. The Balaban J connectivity index is 1.82. The average molecular weight is 301 g/mol. The highest BCUT2D eigenvalue weighted by Crippen LogP contribution is 2.36. The van der Waals surface area contributed by atoms with Gasteiger partial charge in [-0.3, -0.25) is 4.79 Å². The van der Waals surface area contributed by atoms with Crippen molar-refractivity contribution < 1.29 is 18.0 Å². The first kappa shape index (κ1) is 14.4. The summed E-state index contributed by atoms with van der Waals surface area (Å²) >= 11 is 0. The molecule has 1 aromatic rings. The highest BCUT2D eigenvalue weighted by atomic mass is 19.4. The third kappa shape index (κ3) is 2.79. The lowest BCUT2D eigenvalue weighted by molar-refractivity contribution is -0.140. The third-order valence-corrected chi connectivity index (χ3v) is 4.40. The van der Waals surface area contributed by atoms with Crippen molar-refractivity contribution in [1.29, 1.82) is 0 Å². The molecule has 116 valence electrons. The van der Waals surface area contributed by atoms with Crippen molar-refractivity contribution in [3.05, 3.63) is 24.0 Å². The van der Waals surface area contributed by atoms with Gasteiger partial charge in [0.25, 0.3) is 5.91 Å². The Labute approximate surface area is 120 Å². The van der Waals surface area contributed by atoms with Crippen molar-refractivity contribution in [3.8, 4) is 0 Å². The number of amides is 1. The number of halogens is 3. The lowest BCUT2D eigenvalue weighted by Gasteiger charge is -2.37. The molecule has 2 unspecified atom stereocenters. The van der Waals surface area contributed by atoms with Crippen LogP contribution in [0.5, 0.6) is 0 Å². The molecule has 0 spiro atoms. The van der Waals surface area contributed by atoms with Gasteiger partial charge in [0.15, 0.2) is 0 Å². The molecule has 2 N–H and O–H groups in total. The molecule has 21 heavy (non-hydrogen) atoms. The van der Waals surface area contributed by atoms with E-state index in [1.807, 2.05) is 0 Å². The van der Waals surface area contributed by atoms with Crippen LogP contribution in [-0.2, 0) is 6.54 Å². The molecule has 0 radical (unpaired) electrons. The molecule has 0 saturated carbocycles. The fraction of sp³-hybridized carbons (Fsp3) is 0.643. The average Bonchev–Trinajstić information content (AvgIpc) is 2.90. The quantitative estimate of drug-likeness (QED) is 0.910. The van der Waals surface area contributed by atoms with Gasteiger partial charge in [0, 0.05) is 24.3 Å². The summed E-state index contributed by atoms with van der Waals surface area (Å²) in [4.78, 5) is 14.4. The van der Waals surface area contributed by atoms with E-state index in [0.29, 0.717) is 0 Å². The number of fused-ring (bicyclic) bond motifs is 2. The van der Waals surface area contributed by atoms with Crippen LogP contribution in [0.15, 0.2) is 18.3 Å². The summed E-state index contributed by atoms with van der Waals surface area (Å²) in [5.41, 5.74) is 6.07. The van der Waals surface area contributed by atoms with Crippen molar-refractivity contribution in [2.75, 3.05) is 0 Å². The maximum Gasteiger partial charge on any atom is 0.406 e. The van der Waals surface area contributed by atoms with Gasteiger partial charge in [-0.2, -0.15) is 13.2 Å². The number of hydrogen-bond acceptors (Lipinski definition) is 2. The zero-order valence-corrected chi connectivity index (χ0v) is 11.5. The molecule has 0 aromatic carbocycles. The molecule has 7 heteroatoms. The Morgan fingerprint density at radius 1 is 1.29 bits per heavy atom. The second-order valence-corrected chi connectivity index (χ2v) is 5.97. The first-order valence-electron chi connectivity index (χ1n) is 7.15. The van der Waals surface area contributed by atoms with Crippen molar-refractivity contribution in [2.45, 2.75) is 56.5 Å².